The Kier molecular flexibility index (Phi) is 16.5. The van der Waals surface area contributed by atoms with Crippen LogP contribution in [0.1, 0.15) is 6.92 Å². The van der Waals surface area contributed by atoms with Crippen LogP contribution in [-0.2, 0) is 92.8 Å². The van der Waals surface area contributed by atoms with Gasteiger partial charge in [0.15, 0.2) is 0 Å². The van der Waals surface area contributed by atoms with Crippen molar-refractivity contribution in [3.05, 3.63) is 48.8 Å². The zero-order valence-corrected chi connectivity index (χ0v) is 25.8. The largest absolute Gasteiger partial charge is 0.287 e. The summed E-state index contributed by atoms with van der Waals surface area (Å²) in [5.41, 5.74) is 0.557. The van der Waals surface area contributed by atoms with Gasteiger partial charge in [0, 0.05) is 92.8 Å². The molecule has 0 atom stereocenters. The first-order valence-corrected chi connectivity index (χ1v) is 3.91. The molecule has 3 radical (unpaired) electrons. The van der Waals surface area contributed by atoms with Crippen LogP contribution in [0.4, 0.5) is 0 Å². The van der Waals surface area contributed by atoms with E-state index in [9.17, 15) is 0 Å². The molecule has 7 heteroatoms. The molecule has 0 spiro atoms. The summed E-state index contributed by atoms with van der Waals surface area (Å²) in [6.45, 7) is 5.93. The van der Waals surface area contributed by atoms with E-state index in [1.807, 2.05) is 24.3 Å². The van der Waals surface area contributed by atoms with Crippen molar-refractivity contribution in [3.8, 4) is 0 Å². The predicted octanol–water partition coefficient (Wildman–Crippen LogP) is 2.62. The van der Waals surface area contributed by atoms with Crippen molar-refractivity contribution in [2.24, 2.45) is 10.2 Å². The van der Waals surface area contributed by atoms with Crippen LogP contribution in [0.15, 0.2) is 46.2 Å². The summed E-state index contributed by atoms with van der Waals surface area (Å²) in [5, 5.41) is 7.75. The summed E-state index contributed by atoms with van der Waals surface area (Å²) in [7, 11) is 0. The number of allylic oxidation sites excluding steroid dienone is 4. The Hall–Kier alpha value is 0.729. The Labute approximate surface area is 162 Å². The number of nitrogens with zero attached hydrogens (tertiary/aromatic N) is 2. The van der Waals surface area contributed by atoms with Gasteiger partial charge in [0.2, 0.25) is 0 Å². The Morgan fingerprint density at radius 2 is 1.82 bits per heavy atom. The molecule has 0 aromatic heterocycles. The van der Waals surface area contributed by atoms with E-state index in [-0.39, 0.29) is 92.8 Å². The van der Waals surface area contributed by atoms with Crippen LogP contribution >= 0.6 is 0 Å². The molecule has 0 fully saturated rings. The topological polar surface area (TPSA) is 24.7 Å². The molecule has 17 heavy (non-hydrogen) atoms. The van der Waals surface area contributed by atoms with Gasteiger partial charge in [0.05, 0.1) is 5.66 Å². The van der Waals surface area contributed by atoms with Crippen molar-refractivity contribution in [1.82, 2.24) is 0 Å². The van der Waals surface area contributed by atoms with Crippen LogP contribution in [0.2, 0.25) is 0 Å². The van der Waals surface area contributed by atoms with Gasteiger partial charge in [0.1, 0.15) is 0 Å². The molecule has 1 heterocycles. The molecular formula is C10H10N2ReRfVWY-2. The normalized spacial score (nSPS) is 16.8. The standard InChI is InChI=1S/C10H10N2.Re.Rf.V.W.Y/c1-8-4-3-5-9(7-6-8)10(2)11-12-10;;;;;/h3-7H,2H2,1H3;;;;;/q-2;;;;;. The molecule has 0 aromatic carbocycles. The van der Waals surface area contributed by atoms with E-state index in [1.165, 1.54) is 5.92 Å². The second kappa shape index (κ2) is 10.6. The van der Waals surface area contributed by atoms with E-state index < -0.39 is 5.66 Å². The van der Waals surface area contributed by atoms with Crippen LogP contribution in [-0.4, -0.2) is 5.66 Å². The average Bonchev–Trinajstić information content (AvgIpc) is 2.77. The number of hydrogen-bond acceptors (Lipinski definition) is 2. The van der Waals surface area contributed by atoms with E-state index in [1.54, 1.807) is 0 Å². The summed E-state index contributed by atoms with van der Waals surface area (Å²) in [6, 6.07) is 0. The quantitative estimate of drug-likeness (QED) is 0.362. The van der Waals surface area contributed by atoms with E-state index in [2.05, 4.69) is 30.2 Å². The fourth-order valence-electron chi connectivity index (χ4n) is 1.08. The Morgan fingerprint density at radius 1 is 1.29 bits per heavy atom. The first-order chi connectivity index (χ1) is 5.71. The van der Waals surface area contributed by atoms with Crippen LogP contribution in [0.25, 0.3) is 0 Å². The van der Waals surface area contributed by atoms with Crippen molar-refractivity contribution in [1.29, 1.82) is 0 Å². The second-order valence-corrected chi connectivity index (χ2v) is 3.08. The van der Waals surface area contributed by atoms with Crippen molar-refractivity contribution in [2.45, 2.75) is 12.6 Å². The molecule has 2 nitrogen and oxygen atoms in total. The molecule has 2 aliphatic rings. The molecule has 0 N–H and O–H groups in total. The van der Waals surface area contributed by atoms with E-state index in [0.29, 0.717) is 0 Å². The molecule has 0 saturated carbocycles. The third kappa shape index (κ3) is 7.03. The van der Waals surface area contributed by atoms with Crippen molar-refractivity contribution >= 4 is 0 Å². The molecule has 2 rings (SSSR count). The van der Waals surface area contributed by atoms with Crippen molar-refractivity contribution in [3.63, 3.8) is 0 Å². The molecule has 85 valence electrons. The third-order valence-electron chi connectivity index (χ3n) is 1.96. The first kappa shape index (κ1) is 26.3. The SMILES string of the molecule is [CH2-]C1(C2=CC=C[C-](C)C=C2)N=N1.[Re].[Rf].[V].[W].[Y]. The molecule has 0 unspecified atom stereocenters. The zero-order chi connectivity index (χ0) is 8.60. The molecular weight excluding hydrogens is 925 g/mol. The van der Waals surface area contributed by atoms with Gasteiger partial charge in [-0.2, -0.15) is 40.5 Å². The van der Waals surface area contributed by atoms with Gasteiger partial charge in [-0.15, -0.1) is 6.08 Å². The van der Waals surface area contributed by atoms with Crippen LogP contribution in [0.5, 0.6) is 0 Å². The molecule has 0 aromatic rings. The maximum atomic E-state index is 3.88. The smallest absolute Gasteiger partial charge is 0.0836 e. The van der Waals surface area contributed by atoms with E-state index in [4.69, 9.17) is 0 Å². The number of rotatable bonds is 1. The number of hydrogen-bond donors (Lipinski definition) is 0. The molecule has 0 amide bonds. The van der Waals surface area contributed by atoms with Gasteiger partial charge in [0.25, 0.3) is 0 Å². The van der Waals surface area contributed by atoms with E-state index >= 15 is 0 Å². The zero-order valence-electron chi connectivity index (χ0n) is 9.51. The second-order valence-electron chi connectivity index (χ2n) is 3.08. The summed E-state index contributed by atoms with van der Waals surface area (Å²) < 4.78 is 0. The third-order valence-corrected chi connectivity index (χ3v) is 1.96. The van der Waals surface area contributed by atoms with Crippen molar-refractivity contribution in [2.75, 3.05) is 0 Å². The van der Waals surface area contributed by atoms with Crippen LogP contribution < -0.4 is 0 Å². The summed E-state index contributed by atoms with van der Waals surface area (Å²) in [4.78, 5) is 0. The monoisotopic (exact) mass is 936 g/mol. The van der Waals surface area contributed by atoms with Crippen LogP contribution in [0.3, 0.4) is 0 Å². The van der Waals surface area contributed by atoms with E-state index in [0.717, 1.165) is 5.57 Å². The van der Waals surface area contributed by atoms with Gasteiger partial charge in [-0.05, 0) is 0 Å². The summed E-state index contributed by atoms with van der Waals surface area (Å²) in [6.07, 6.45) is 10.1. The Balaban J connectivity index is -0.000000169. The first-order valence-electron chi connectivity index (χ1n) is 3.91. The molecule has 1 aliphatic heterocycles. The maximum Gasteiger partial charge on any atom is 0.0836 e. The van der Waals surface area contributed by atoms with Gasteiger partial charge >= 0.3 is 0 Å². The van der Waals surface area contributed by atoms with Gasteiger partial charge in [-0.3, -0.25) is 6.92 Å². The minimum absolute atomic E-state index is 0. The van der Waals surface area contributed by atoms with Crippen molar-refractivity contribution < 1.29 is 92.8 Å². The Bertz CT molecular complexity index is 328. The van der Waals surface area contributed by atoms with Gasteiger partial charge < -0.3 is 0 Å². The predicted molar refractivity (Wildman–Crippen MR) is 48.2 cm³/mol. The summed E-state index contributed by atoms with van der Waals surface area (Å²) in [5.74, 6) is 1.23. The van der Waals surface area contributed by atoms with Gasteiger partial charge in [-0.1, -0.05) is 12.5 Å². The fourth-order valence-corrected chi connectivity index (χ4v) is 1.08. The average molecular weight is 935 g/mol. The molecule has 0 bridgehead atoms. The Morgan fingerprint density at radius 3 is 2.29 bits per heavy atom. The molecule has 0 saturated heterocycles. The summed E-state index contributed by atoms with van der Waals surface area (Å²) >= 11 is 0. The van der Waals surface area contributed by atoms with Crippen LogP contribution in [0, 0.1) is 12.8 Å². The minimum Gasteiger partial charge on any atom is -0.287 e. The minimum atomic E-state index is -0.495. The maximum absolute atomic E-state index is 3.88. The fraction of sp³-hybridized carbons (Fsp3) is 0.200. The molecule has 1 aliphatic carbocycles. The van der Waals surface area contributed by atoms with Gasteiger partial charge in [-0.25, -0.2) is 0 Å².